The van der Waals surface area contributed by atoms with Crippen molar-refractivity contribution in [3.8, 4) is 22.3 Å². The van der Waals surface area contributed by atoms with Crippen molar-refractivity contribution in [2.45, 2.75) is 0 Å². The Hall–Kier alpha value is -4.84. The predicted octanol–water partition coefficient (Wildman–Crippen LogP) is 4.08. The summed E-state index contributed by atoms with van der Waals surface area (Å²) in [6, 6.07) is 31.4. The van der Waals surface area contributed by atoms with E-state index in [1.807, 2.05) is 97.1 Å². The molecule has 162 valence electrons. The van der Waals surface area contributed by atoms with Crippen LogP contribution in [0.5, 0.6) is 0 Å². The average molecular weight is 442 g/mol. The Morgan fingerprint density at radius 2 is 0.647 bits per heavy atom. The van der Waals surface area contributed by atoms with E-state index in [0.29, 0.717) is 11.4 Å². The Kier molecular flexibility index (Phi) is 4.63. The Morgan fingerprint density at radius 3 is 0.912 bits per heavy atom. The molecule has 0 radical (unpaired) electrons. The van der Waals surface area contributed by atoms with Gasteiger partial charge in [0, 0.05) is 22.3 Å². The lowest BCUT2D eigenvalue weighted by Crippen LogP contribution is -2.36. The molecule has 34 heavy (non-hydrogen) atoms. The Balaban J connectivity index is 1.24. The van der Waals surface area contributed by atoms with E-state index in [9.17, 15) is 9.59 Å². The first-order valence-corrected chi connectivity index (χ1v) is 10.9. The van der Waals surface area contributed by atoms with E-state index in [1.165, 1.54) is 0 Å². The van der Waals surface area contributed by atoms with Crippen LogP contribution in [-0.2, 0) is 9.59 Å². The van der Waals surface area contributed by atoms with E-state index < -0.39 is 11.8 Å². The van der Waals surface area contributed by atoms with E-state index >= 15 is 0 Å². The van der Waals surface area contributed by atoms with Crippen LogP contribution in [0.4, 0.5) is 0 Å². The number of hydrogen-bond donors (Lipinski definition) is 2. The first-order chi connectivity index (χ1) is 16.7. The van der Waals surface area contributed by atoms with Crippen molar-refractivity contribution < 1.29 is 9.59 Å². The van der Waals surface area contributed by atoms with Crippen LogP contribution in [0.3, 0.4) is 0 Å². The Morgan fingerprint density at radius 1 is 0.412 bits per heavy atom. The summed E-state index contributed by atoms with van der Waals surface area (Å²) in [7, 11) is 0. The number of fused-ring (bicyclic) bond motifs is 6. The first-order valence-electron chi connectivity index (χ1n) is 10.9. The minimum absolute atomic E-state index is 0.623. The van der Waals surface area contributed by atoms with Crippen molar-refractivity contribution >= 4 is 23.2 Å². The lowest BCUT2D eigenvalue weighted by atomic mass is 10.1. The van der Waals surface area contributed by atoms with Gasteiger partial charge in [-0.2, -0.15) is 10.2 Å². The second-order valence-corrected chi connectivity index (χ2v) is 7.99. The van der Waals surface area contributed by atoms with Crippen molar-refractivity contribution in [1.82, 2.24) is 10.9 Å². The summed E-state index contributed by atoms with van der Waals surface area (Å²) in [4.78, 5) is 25.0. The highest BCUT2D eigenvalue weighted by molar-refractivity contribution is 6.36. The number of hydrazone groups is 2. The molecule has 4 aromatic rings. The maximum absolute atomic E-state index is 12.5. The number of rotatable bonds is 2. The number of hydrogen-bond acceptors (Lipinski definition) is 4. The third-order valence-electron chi connectivity index (χ3n) is 6.05. The molecule has 0 fully saturated rings. The molecule has 2 N–H and O–H groups in total. The van der Waals surface area contributed by atoms with Gasteiger partial charge in [-0.1, -0.05) is 97.1 Å². The van der Waals surface area contributed by atoms with Crippen molar-refractivity contribution in [3.63, 3.8) is 0 Å². The van der Waals surface area contributed by atoms with E-state index in [4.69, 9.17) is 0 Å². The third-order valence-corrected chi connectivity index (χ3v) is 6.05. The van der Waals surface area contributed by atoms with Crippen LogP contribution in [0, 0.1) is 0 Å². The maximum atomic E-state index is 12.5. The van der Waals surface area contributed by atoms with Crippen LogP contribution in [0.2, 0.25) is 0 Å². The summed E-state index contributed by atoms with van der Waals surface area (Å²) < 4.78 is 0. The van der Waals surface area contributed by atoms with Crippen LogP contribution in [0.1, 0.15) is 22.3 Å². The molecule has 0 heterocycles. The second-order valence-electron chi connectivity index (χ2n) is 7.99. The van der Waals surface area contributed by atoms with Gasteiger partial charge in [0.1, 0.15) is 0 Å². The van der Waals surface area contributed by atoms with E-state index in [1.54, 1.807) is 0 Å². The fourth-order valence-corrected chi connectivity index (χ4v) is 4.54. The fraction of sp³-hybridized carbons (Fsp3) is 0. The smallest absolute Gasteiger partial charge is 0.262 e. The zero-order valence-corrected chi connectivity index (χ0v) is 17.9. The van der Waals surface area contributed by atoms with E-state index in [2.05, 4.69) is 21.1 Å². The molecule has 0 aromatic heterocycles. The quantitative estimate of drug-likeness (QED) is 0.313. The fourth-order valence-electron chi connectivity index (χ4n) is 4.54. The largest absolute Gasteiger partial charge is 0.331 e. The molecule has 0 unspecified atom stereocenters. The van der Waals surface area contributed by atoms with Crippen LogP contribution < -0.4 is 10.9 Å². The van der Waals surface area contributed by atoms with Crippen molar-refractivity contribution in [2.24, 2.45) is 10.2 Å². The minimum Gasteiger partial charge on any atom is -0.262 e. The molecule has 6 nitrogen and oxygen atoms in total. The third kappa shape index (κ3) is 3.12. The van der Waals surface area contributed by atoms with Gasteiger partial charge in [-0.15, -0.1) is 0 Å². The summed E-state index contributed by atoms with van der Waals surface area (Å²) in [5.74, 6) is -1.78. The lowest BCUT2D eigenvalue weighted by molar-refractivity contribution is -0.139. The minimum atomic E-state index is -0.890. The van der Waals surface area contributed by atoms with E-state index in [-0.39, 0.29) is 0 Å². The molecule has 0 saturated heterocycles. The van der Waals surface area contributed by atoms with Gasteiger partial charge in [0.2, 0.25) is 0 Å². The second kappa shape index (κ2) is 7.94. The van der Waals surface area contributed by atoms with Gasteiger partial charge in [-0.3, -0.25) is 9.59 Å². The molecule has 0 spiro atoms. The lowest BCUT2D eigenvalue weighted by Gasteiger charge is -2.04. The summed E-state index contributed by atoms with van der Waals surface area (Å²) in [5, 5.41) is 8.57. The van der Waals surface area contributed by atoms with Crippen LogP contribution in [0.15, 0.2) is 107 Å². The topological polar surface area (TPSA) is 82.9 Å². The van der Waals surface area contributed by atoms with Crippen LogP contribution in [0.25, 0.3) is 22.3 Å². The predicted molar refractivity (Wildman–Crippen MR) is 131 cm³/mol. The van der Waals surface area contributed by atoms with Gasteiger partial charge in [0.25, 0.3) is 0 Å². The van der Waals surface area contributed by atoms with Gasteiger partial charge in [-0.05, 0) is 22.3 Å². The molecular formula is C28H18N4O2. The molecule has 4 aromatic carbocycles. The first kappa shape index (κ1) is 19.8. The summed E-state index contributed by atoms with van der Waals surface area (Å²) in [6.45, 7) is 0. The van der Waals surface area contributed by atoms with Crippen LogP contribution in [-0.4, -0.2) is 23.2 Å². The number of carbonyl (C=O) groups excluding carboxylic acids is 2. The monoisotopic (exact) mass is 442 g/mol. The van der Waals surface area contributed by atoms with Gasteiger partial charge < -0.3 is 0 Å². The maximum Gasteiger partial charge on any atom is 0.331 e. The van der Waals surface area contributed by atoms with Gasteiger partial charge in [-0.25, -0.2) is 10.9 Å². The average Bonchev–Trinajstić information content (AvgIpc) is 3.38. The molecule has 0 saturated carbocycles. The summed E-state index contributed by atoms with van der Waals surface area (Å²) in [6.07, 6.45) is 0. The van der Waals surface area contributed by atoms with E-state index in [0.717, 1.165) is 44.5 Å². The summed E-state index contributed by atoms with van der Waals surface area (Å²) >= 11 is 0. The number of carbonyl (C=O) groups is 2. The van der Waals surface area contributed by atoms with Crippen LogP contribution >= 0.6 is 0 Å². The molecular weight excluding hydrogens is 424 g/mol. The molecule has 6 rings (SSSR count). The Bertz CT molecular complexity index is 1340. The highest BCUT2D eigenvalue weighted by Crippen LogP contribution is 2.37. The van der Waals surface area contributed by atoms with Gasteiger partial charge in [0.15, 0.2) is 0 Å². The SMILES string of the molecule is O=C(NN=C1c2ccccc2-c2ccccc21)C(=O)NN=C1c2ccccc2-c2ccccc21. The molecule has 0 atom stereocenters. The highest BCUT2D eigenvalue weighted by atomic mass is 16.2. The normalized spacial score (nSPS) is 12.2. The zero-order chi connectivity index (χ0) is 23.1. The molecule has 0 aliphatic heterocycles. The zero-order valence-electron chi connectivity index (χ0n) is 17.9. The Labute approximate surface area is 195 Å². The molecule has 2 aliphatic carbocycles. The van der Waals surface area contributed by atoms with Gasteiger partial charge >= 0.3 is 11.8 Å². The number of amides is 2. The standard InChI is InChI=1S/C28H18N4O2/c33-27(31-29-25-21-13-5-1-9-17(21)18-10-2-6-14-22(18)25)28(34)32-30-26-23-15-7-3-11-19(23)20-12-4-8-16-24(20)26/h1-16H,(H,31,33)(H,32,34). The molecule has 2 aliphatic rings. The van der Waals surface area contributed by atoms with Crippen molar-refractivity contribution in [1.29, 1.82) is 0 Å². The van der Waals surface area contributed by atoms with Crippen molar-refractivity contribution in [2.75, 3.05) is 0 Å². The molecule has 6 heteroatoms. The highest BCUT2D eigenvalue weighted by Gasteiger charge is 2.26. The molecule has 0 bridgehead atoms. The van der Waals surface area contributed by atoms with Crippen molar-refractivity contribution in [3.05, 3.63) is 119 Å². The van der Waals surface area contributed by atoms with Gasteiger partial charge in [0.05, 0.1) is 11.4 Å². The number of nitrogens with zero attached hydrogens (tertiary/aromatic N) is 2. The summed E-state index contributed by atoms with van der Waals surface area (Å²) in [5.41, 5.74) is 13.8. The number of benzene rings is 4. The number of nitrogens with one attached hydrogen (secondary N) is 2. The molecule has 2 amide bonds.